The normalized spacial score (nSPS) is 17.1. The van der Waals surface area contributed by atoms with Crippen molar-refractivity contribution < 1.29 is 9.53 Å². The summed E-state index contributed by atoms with van der Waals surface area (Å²) in [6, 6.07) is 5.73. The lowest BCUT2D eigenvalue weighted by atomic mass is 10.1. The Bertz CT molecular complexity index is 533. The number of ether oxygens (including phenoxy) is 1. The highest BCUT2D eigenvalue weighted by Crippen LogP contribution is 2.17. The van der Waals surface area contributed by atoms with E-state index < -0.39 is 0 Å². The molecule has 0 spiro atoms. The van der Waals surface area contributed by atoms with E-state index in [0.29, 0.717) is 5.56 Å². The van der Waals surface area contributed by atoms with Crippen LogP contribution in [0.15, 0.2) is 18.3 Å². The molecule has 1 fully saturated rings. The zero-order chi connectivity index (χ0) is 15.2. The van der Waals surface area contributed by atoms with Crippen molar-refractivity contribution in [3.8, 4) is 6.07 Å². The van der Waals surface area contributed by atoms with Crippen LogP contribution in [0.5, 0.6) is 0 Å². The molecule has 1 aliphatic heterocycles. The maximum atomic E-state index is 11.6. The number of carbonyl (C=O) groups is 1. The van der Waals surface area contributed by atoms with Crippen LogP contribution in [0.1, 0.15) is 23.7 Å². The van der Waals surface area contributed by atoms with Crippen molar-refractivity contribution in [1.29, 1.82) is 5.26 Å². The van der Waals surface area contributed by atoms with Crippen LogP contribution in [0.25, 0.3) is 0 Å². The molecule has 0 aromatic carbocycles. The van der Waals surface area contributed by atoms with Crippen molar-refractivity contribution in [1.82, 2.24) is 9.88 Å². The van der Waals surface area contributed by atoms with Crippen molar-refractivity contribution in [3.63, 3.8) is 0 Å². The van der Waals surface area contributed by atoms with Gasteiger partial charge in [-0.05, 0) is 18.6 Å². The zero-order valence-electron chi connectivity index (χ0n) is 12.5. The summed E-state index contributed by atoms with van der Waals surface area (Å²) in [6.45, 7) is 5.29. The molecular weight excluding hydrogens is 268 g/mol. The molecule has 0 amide bonds. The Hall–Kier alpha value is -2.13. The van der Waals surface area contributed by atoms with Crippen LogP contribution < -0.4 is 4.90 Å². The molecule has 1 atom stereocenters. The number of nitriles is 1. The lowest BCUT2D eigenvalue weighted by Crippen LogP contribution is -2.50. The van der Waals surface area contributed by atoms with Crippen LogP contribution in [0.3, 0.4) is 0 Å². The molecule has 6 heteroatoms. The Morgan fingerprint density at radius 1 is 1.48 bits per heavy atom. The van der Waals surface area contributed by atoms with Gasteiger partial charge in [0.2, 0.25) is 0 Å². The largest absolute Gasteiger partial charge is 0.465 e. The number of methoxy groups -OCH3 is 1. The Morgan fingerprint density at radius 2 is 2.19 bits per heavy atom. The van der Waals surface area contributed by atoms with Crippen LogP contribution in [-0.4, -0.2) is 55.2 Å². The highest BCUT2D eigenvalue weighted by molar-refractivity contribution is 5.90. The third-order valence-corrected chi connectivity index (χ3v) is 3.78. The monoisotopic (exact) mass is 288 g/mol. The minimum Gasteiger partial charge on any atom is -0.465 e. The standard InChI is InChI=1S/C15H20N4O2/c1-3-13(11-16)18-6-8-19(9-7-18)14-10-12(4-5-17-14)15(20)21-2/h4-5,10,13H,3,6-9H2,1-2H3. The second-order valence-electron chi connectivity index (χ2n) is 4.97. The summed E-state index contributed by atoms with van der Waals surface area (Å²) in [6.07, 6.45) is 2.46. The fraction of sp³-hybridized carbons (Fsp3) is 0.533. The Labute approximate surface area is 124 Å². The molecule has 112 valence electrons. The highest BCUT2D eigenvalue weighted by atomic mass is 16.5. The number of rotatable bonds is 4. The average molecular weight is 288 g/mol. The van der Waals surface area contributed by atoms with Gasteiger partial charge in [0, 0.05) is 32.4 Å². The summed E-state index contributed by atoms with van der Waals surface area (Å²) in [5, 5.41) is 9.12. The maximum Gasteiger partial charge on any atom is 0.338 e. The molecule has 0 N–H and O–H groups in total. The summed E-state index contributed by atoms with van der Waals surface area (Å²) in [5.74, 6) is 0.426. The number of anilines is 1. The number of carbonyl (C=O) groups excluding carboxylic acids is 1. The summed E-state index contributed by atoms with van der Waals surface area (Å²) in [7, 11) is 1.37. The predicted octanol–water partition coefficient (Wildman–Crippen LogP) is 1.29. The third-order valence-electron chi connectivity index (χ3n) is 3.78. The molecule has 0 radical (unpaired) electrons. The Morgan fingerprint density at radius 3 is 2.76 bits per heavy atom. The molecule has 6 nitrogen and oxygen atoms in total. The van der Waals surface area contributed by atoms with Crippen molar-refractivity contribution >= 4 is 11.8 Å². The highest BCUT2D eigenvalue weighted by Gasteiger charge is 2.23. The van der Waals surface area contributed by atoms with E-state index in [2.05, 4.69) is 20.9 Å². The van der Waals surface area contributed by atoms with Gasteiger partial charge in [-0.15, -0.1) is 0 Å². The number of esters is 1. The van der Waals surface area contributed by atoms with E-state index in [1.165, 1.54) is 7.11 Å². The number of pyridine rings is 1. The lowest BCUT2D eigenvalue weighted by Gasteiger charge is -2.37. The van der Waals surface area contributed by atoms with Crippen LogP contribution >= 0.6 is 0 Å². The zero-order valence-corrected chi connectivity index (χ0v) is 12.5. The van der Waals surface area contributed by atoms with Gasteiger partial charge in [0.1, 0.15) is 5.82 Å². The topological polar surface area (TPSA) is 69.5 Å². The molecule has 1 saturated heterocycles. The minimum absolute atomic E-state index is 0.0125. The number of hydrogen-bond donors (Lipinski definition) is 0. The van der Waals surface area contributed by atoms with E-state index >= 15 is 0 Å². The summed E-state index contributed by atoms with van der Waals surface area (Å²) in [5.41, 5.74) is 0.508. The van der Waals surface area contributed by atoms with Crippen LogP contribution in [-0.2, 0) is 4.74 Å². The quantitative estimate of drug-likeness (QED) is 0.778. The van der Waals surface area contributed by atoms with E-state index in [4.69, 9.17) is 10.00 Å². The molecule has 1 aromatic rings. The molecule has 21 heavy (non-hydrogen) atoms. The summed E-state index contributed by atoms with van der Waals surface area (Å²) >= 11 is 0. The molecule has 1 aliphatic rings. The van der Waals surface area contributed by atoms with Gasteiger partial charge in [0.25, 0.3) is 0 Å². The molecule has 1 unspecified atom stereocenters. The fourth-order valence-corrected chi connectivity index (χ4v) is 2.53. The van der Waals surface area contributed by atoms with Gasteiger partial charge < -0.3 is 9.64 Å². The SMILES string of the molecule is CCC(C#N)N1CCN(c2cc(C(=O)OC)ccn2)CC1. The van der Waals surface area contributed by atoms with Crippen LogP contribution in [0.4, 0.5) is 5.82 Å². The second kappa shape index (κ2) is 7.04. The van der Waals surface area contributed by atoms with Gasteiger partial charge in [-0.1, -0.05) is 6.92 Å². The first-order valence-corrected chi connectivity index (χ1v) is 7.12. The fourth-order valence-electron chi connectivity index (χ4n) is 2.53. The van der Waals surface area contributed by atoms with E-state index in [-0.39, 0.29) is 12.0 Å². The lowest BCUT2D eigenvalue weighted by molar-refractivity contribution is 0.0600. The second-order valence-corrected chi connectivity index (χ2v) is 4.97. The number of hydrogen-bond acceptors (Lipinski definition) is 6. The molecule has 0 bridgehead atoms. The average Bonchev–Trinajstić information content (AvgIpc) is 2.56. The molecule has 0 saturated carbocycles. The van der Waals surface area contributed by atoms with E-state index in [0.717, 1.165) is 38.4 Å². The minimum atomic E-state index is -0.354. The molecule has 1 aromatic heterocycles. The first kappa shape index (κ1) is 15.3. The van der Waals surface area contributed by atoms with Crippen molar-refractivity contribution in [3.05, 3.63) is 23.9 Å². The number of nitrogens with zero attached hydrogens (tertiary/aromatic N) is 4. The van der Waals surface area contributed by atoms with Crippen molar-refractivity contribution in [2.24, 2.45) is 0 Å². The Balaban J connectivity index is 2.02. The van der Waals surface area contributed by atoms with Gasteiger partial charge in [0.05, 0.1) is 24.8 Å². The smallest absolute Gasteiger partial charge is 0.338 e. The first-order valence-electron chi connectivity index (χ1n) is 7.12. The van der Waals surface area contributed by atoms with Crippen LogP contribution in [0.2, 0.25) is 0 Å². The molecule has 2 heterocycles. The summed E-state index contributed by atoms with van der Waals surface area (Å²) in [4.78, 5) is 20.2. The van der Waals surface area contributed by atoms with E-state index in [1.807, 2.05) is 6.92 Å². The Kier molecular flexibility index (Phi) is 5.12. The molecule has 0 aliphatic carbocycles. The maximum absolute atomic E-state index is 11.6. The predicted molar refractivity (Wildman–Crippen MR) is 79.1 cm³/mol. The van der Waals surface area contributed by atoms with Gasteiger partial charge >= 0.3 is 5.97 Å². The van der Waals surface area contributed by atoms with Gasteiger partial charge in [0.15, 0.2) is 0 Å². The number of aromatic nitrogens is 1. The molecular formula is C15H20N4O2. The third kappa shape index (κ3) is 3.50. The van der Waals surface area contributed by atoms with E-state index in [1.54, 1.807) is 18.3 Å². The van der Waals surface area contributed by atoms with Gasteiger partial charge in [-0.2, -0.15) is 5.26 Å². The van der Waals surface area contributed by atoms with Gasteiger partial charge in [-0.3, -0.25) is 4.90 Å². The van der Waals surface area contributed by atoms with Crippen molar-refractivity contribution in [2.75, 3.05) is 38.2 Å². The van der Waals surface area contributed by atoms with Gasteiger partial charge in [-0.25, -0.2) is 9.78 Å². The number of piperazine rings is 1. The van der Waals surface area contributed by atoms with E-state index in [9.17, 15) is 4.79 Å². The first-order chi connectivity index (χ1) is 10.2. The summed E-state index contributed by atoms with van der Waals surface area (Å²) < 4.78 is 4.73. The molecule has 2 rings (SSSR count). The van der Waals surface area contributed by atoms with Crippen molar-refractivity contribution in [2.45, 2.75) is 19.4 Å². The van der Waals surface area contributed by atoms with Crippen LogP contribution in [0, 0.1) is 11.3 Å².